The minimum absolute atomic E-state index is 0.0243. The molecule has 206 valence electrons. The Morgan fingerprint density at radius 1 is 0.974 bits per heavy atom. The van der Waals surface area contributed by atoms with E-state index >= 15 is 0 Å². The molecule has 0 saturated heterocycles. The van der Waals surface area contributed by atoms with Crippen LogP contribution in [0.2, 0.25) is 0 Å². The molecule has 0 spiro atoms. The predicted octanol–water partition coefficient (Wildman–Crippen LogP) is 4.12. The fourth-order valence-corrected chi connectivity index (χ4v) is 6.11. The lowest BCUT2D eigenvalue weighted by atomic mass is 10.1. The number of halogens is 1. The summed E-state index contributed by atoms with van der Waals surface area (Å²) in [6, 6.07) is 12.1. The molecule has 0 atom stereocenters. The molecule has 11 heteroatoms. The maximum absolute atomic E-state index is 13.6. The van der Waals surface area contributed by atoms with E-state index in [-0.39, 0.29) is 30.5 Å². The zero-order chi connectivity index (χ0) is 27.7. The number of amides is 1. The average Bonchev–Trinajstić information content (AvgIpc) is 3.32. The number of aryl methyl sites for hydroxylation is 1. The highest BCUT2D eigenvalue weighted by Crippen LogP contribution is 2.28. The van der Waals surface area contributed by atoms with Gasteiger partial charge in [-0.15, -0.1) is 11.3 Å². The predicted molar refractivity (Wildman–Crippen MR) is 145 cm³/mol. The fourth-order valence-electron chi connectivity index (χ4n) is 3.82. The summed E-state index contributed by atoms with van der Waals surface area (Å²) >= 11 is 1.55. The van der Waals surface area contributed by atoms with Crippen molar-refractivity contribution in [2.45, 2.75) is 24.8 Å². The third kappa shape index (κ3) is 7.53. The molecular formula is C27H33FN2O6S2. The topological polar surface area (TPSA) is 85.4 Å². The summed E-state index contributed by atoms with van der Waals surface area (Å²) in [5.74, 6) is 0.308. The van der Waals surface area contributed by atoms with Gasteiger partial charge in [-0.2, -0.15) is 4.31 Å². The van der Waals surface area contributed by atoms with Crippen molar-refractivity contribution in [1.82, 2.24) is 9.21 Å². The Balaban J connectivity index is 1.84. The van der Waals surface area contributed by atoms with Crippen LogP contribution in [-0.2, 0) is 32.5 Å². The van der Waals surface area contributed by atoms with Gasteiger partial charge in [0.25, 0.3) is 0 Å². The first-order valence-electron chi connectivity index (χ1n) is 12.0. The number of methoxy groups -OCH3 is 3. The van der Waals surface area contributed by atoms with Crippen molar-refractivity contribution in [3.05, 3.63) is 75.7 Å². The van der Waals surface area contributed by atoms with E-state index in [0.717, 1.165) is 32.4 Å². The first-order chi connectivity index (χ1) is 18.2. The summed E-state index contributed by atoms with van der Waals surface area (Å²) in [5.41, 5.74) is 2.01. The zero-order valence-electron chi connectivity index (χ0n) is 22.0. The number of carbonyl (C=O) groups is 1. The number of rotatable bonds is 14. The van der Waals surface area contributed by atoms with Crippen LogP contribution in [0.3, 0.4) is 0 Å². The van der Waals surface area contributed by atoms with Gasteiger partial charge in [0.2, 0.25) is 15.9 Å². The first kappa shape index (κ1) is 29.6. The summed E-state index contributed by atoms with van der Waals surface area (Å²) in [6.45, 7) is 2.39. The molecule has 0 unspecified atom stereocenters. The second kappa shape index (κ2) is 13.7. The number of sulfonamides is 1. The standard InChI is InChI=1S/C27H33FN2O6S2/c1-20-12-16-37-26(20)18-29(13-11-21-5-10-24(35-3)25(17-21)36-4)27(31)19-30(14-15-34-2)38(32,33)23-8-6-22(28)7-9-23/h5-10,12,16-17H,11,13-15,18-19H2,1-4H3. The Kier molecular flexibility index (Phi) is 10.7. The number of carbonyl (C=O) groups excluding carboxylic acids is 1. The summed E-state index contributed by atoms with van der Waals surface area (Å²) < 4.78 is 57.0. The molecular weight excluding hydrogens is 531 g/mol. The lowest BCUT2D eigenvalue weighted by Gasteiger charge is -2.27. The van der Waals surface area contributed by atoms with E-state index in [1.165, 1.54) is 19.2 Å². The van der Waals surface area contributed by atoms with Crippen LogP contribution in [0.25, 0.3) is 0 Å². The van der Waals surface area contributed by atoms with E-state index in [9.17, 15) is 17.6 Å². The van der Waals surface area contributed by atoms with Crippen molar-refractivity contribution in [3.8, 4) is 11.5 Å². The Morgan fingerprint density at radius 3 is 2.29 bits per heavy atom. The van der Waals surface area contributed by atoms with E-state index in [1.54, 1.807) is 30.5 Å². The lowest BCUT2D eigenvalue weighted by Crippen LogP contribution is -2.44. The molecule has 0 bridgehead atoms. The molecule has 38 heavy (non-hydrogen) atoms. The number of ether oxygens (including phenoxy) is 3. The molecule has 0 saturated carbocycles. The van der Waals surface area contributed by atoms with E-state index in [0.29, 0.717) is 31.0 Å². The Bertz CT molecular complexity index is 1310. The normalized spacial score (nSPS) is 11.5. The molecule has 0 fully saturated rings. The molecule has 3 rings (SSSR count). The third-order valence-corrected chi connectivity index (χ3v) is 8.95. The molecule has 0 aliphatic carbocycles. The smallest absolute Gasteiger partial charge is 0.243 e. The largest absolute Gasteiger partial charge is 0.493 e. The highest BCUT2D eigenvalue weighted by molar-refractivity contribution is 7.89. The van der Waals surface area contributed by atoms with Gasteiger partial charge in [0.05, 0.1) is 38.8 Å². The zero-order valence-corrected chi connectivity index (χ0v) is 23.6. The van der Waals surface area contributed by atoms with Crippen LogP contribution in [0.4, 0.5) is 4.39 Å². The minimum atomic E-state index is -4.06. The molecule has 1 amide bonds. The van der Waals surface area contributed by atoms with Gasteiger partial charge < -0.3 is 19.1 Å². The van der Waals surface area contributed by atoms with Gasteiger partial charge >= 0.3 is 0 Å². The summed E-state index contributed by atoms with van der Waals surface area (Å²) in [5, 5.41) is 1.96. The fraction of sp³-hybridized carbons (Fsp3) is 0.370. The van der Waals surface area contributed by atoms with Gasteiger partial charge in [0.1, 0.15) is 5.82 Å². The number of hydrogen-bond acceptors (Lipinski definition) is 7. The van der Waals surface area contributed by atoms with Crippen LogP contribution in [0, 0.1) is 12.7 Å². The van der Waals surface area contributed by atoms with Crippen molar-refractivity contribution >= 4 is 27.3 Å². The van der Waals surface area contributed by atoms with Crippen molar-refractivity contribution in [2.24, 2.45) is 0 Å². The maximum atomic E-state index is 13.6. The summed E-state index contributed by atoms with van der Waals surface area (Å²) in [4.78, 5) is 16.2. The summed E-state index contributed by atoms with van der Waals surface area (Å²) in [6.07, 6.45) is 0.527. The van der Waals surface area contributed by atoms with Crippen molar-refractivity contribution < 1.29 is 31.8 Å². The second-order valence-corrected chi connectivity index (χ2v) is 11.5. The van der Waals surface area contributed by atoms with Crippen molar-refractivity contribution in [1.29, 1.82) is 0 Å². The van der Waals surface area contributed by atoms with Crippen LogP contribution in [0.1, 0.15) is 16.0 Å². The number of hydrogen-bond donors (Lipinski definition) is 0. The number of thiophene rings is 1. The van der Waals surface area contributed by atoms with Gasteiger partial charge in [0, 0.05) is 25.1 Å². The van der Waals surface area contributed by atoms with E-state index in [4.69, 9.17) is 14.2 Å². The van der Waals surface area contributed by atoms with Gasteiger partial charge in [-0.05, 0) is 72.3 Å². The molecule has 0 radical (unpaired) electrons. The molecule has 0 N–H and O–H groups in total. The number of benzene rings is 2. The van der Waals surface area contributed by atoms with Crippen LogP contribution in [-0.4, -0.2) is 71.1 Å². The molecule has 3 aromatic rings. The van der Waals surface area contributed by atoms with E-state index < -0.39 is 15.8 Å². The van der Waals surface area contributed by atoms with Crippen LogP contribution in [0.15, 0.2) is 58.8 Å². The van der Waals surface area contributed by atoms with Crippen molar-refractivity contribution in [3.63, 3.8) is 0 Å². The van der Waals surface area contributed by atoms with Crippen LogP contribution in [0.5, 0.6) is 11.5 Å². The second-order valence-electron chi connectivity index (χ2n) is 8.57. The van der Waals surface area contributed by atoms with E-state index in [2.05, 4.69) is 0 Å². The average molecular weight is 565 g/mol. The molecule has 0 aliphatic rings. The highest BCUT2D eigenvalue weighted by Gasteiger charge is 2.29. The van der Waals surface area contributed by atoms with Gasteiger partial charge in [0.15, 0.2) is 11.5 Å². The molecule has 2 aromatic carbocycles. The van der Waals surface area contributed by atoms with E-state index in [1.807, 2.05) is 36.6 Å². The molecule has 0 aliphatic heterocycles. The highest BCUT2D eigenvalue weighted by atomic mass is 32.2. The van der Waals surface area contributed by atoms with Crippen LogP contribution >= 0.6 is 11.3 Å². The molecule has 8 nitrogen and oxygen atoms in total. The van der Waals surface area contributed by atoms with Crippen molar-refractivity contribution in [2.75, 3.05) is 47.6 Å². The van der Waals surface area contributed by atoms with Gasteiger partial charge in [-0.3, -0.25) is 4.79 Å². The monoisotopic (exact) mass is 564 g/mol. The van der Waals surface area contributed by atoms with Crippen LogP contribution < -0.4 is 9.47 Å². The minimum Gasteiger partial charge on any atom is -0.493 e. The third-order valence-electron chi connectivity index (χ3n) is 6.08. The number of nitrogens with zero attached hydrogens (tertiary/aromatic N) is 2. The van der Waals surface area contributed by atoms with Gasteiger partial charge in [-0.1, -0.05) is 6.07 Å². The summed E-state index contributed by atoms with van der Waals surface area (Å²) in [7, 11) is 0.525. The first-order valence-corrected chi connectivity index (χ1v) is 14.3. The molecule has 1 heterocycles. The van der Waals surface area contributed by atoms with Gasteiger partial charge in [-0.25, -0.2) is 12.8 Å². The Labute approximate surface area is 227 Å². The Hall–Kier alpha value is -2.99. The SMILES string of the molecule is COCCN(CC(=O)N(CCc1ccc(OC)c(OC)c1)Cc1sccc1C)S(=O)(=O)c1ccc(F)cc1. The lowest BCUT2D eigenvalue weighted by molar-refractivity contribution is -0.132. The maximum Gasteiger partial charge on any atom is 0.243 e. The Morgan fingerprint density at radius 2 is 1.68 bits per heavy atom. The molecule has 1 aromatic heterocycles. The quantitative estimate of drug-likeness (QED) is 0.293.